The van der Waals surface area contributed by atoms with Gasteiger partial charge < -0.3 is 5.11 Å². The van der Waals surface area contributed by atoms with Crippen molar-refractivity contribution in [3.8, 4) is 0 Å². The molecular formula is C5H3FN2O3S. The molecule has 0 saturated carbocycles. The van der Waals surface area contributed by atoms with Crippen molar-refractivity contribution in [2.24, 2.45) is 0 Å². The summed E-state index contributed by atoms with van der Waals surface area (Å²) in [6.45, 7) is 0. The van der Waals surface area contributed by atoms with E-state index in [-0.39, 0.29) is 16.3 Å². The average molecular weight is 190 g/mol. The van der Waals surface area contributed by atoms with E-state index in [0.29, 0.717) is 11.3 Å². The van der Waals surface area contributed by atoms with Crippen LogP contribution in [0.2, 0.25) is 0 Å². The molecule has 0 aliphatic heterocycles. The van der Waals surface area contributed by atoms with Gasteiger partial charge in [-0.05, 0) is 0 Å². The number of aldehydes is 1. The van der Waals surface area contributed by atoms with E-state index >= 15 is 0 Å². The summed E-state index contributed by atoms with van der Waals surface area (Å²) in [6, 6.07) is 0. The molecule has 0 unspecified atom stereocenters. The van der Waals surface area contributed by atoms with Crippen molar-refractivity contribution in [2.75, 3.05) is 5.32 Å². The van der Waals surface area contributed by atoms with E-state index in [1.165, 1.54) is 0 Å². The Balaban J connectivity index is 2.89. The Bertz CT molecular complexity index is 324. The third-order valence-corrected chi connectivity index (χ3v) is 1.80. The van der Waals surface area contributed by atoms with E-state index in [4.69, 9.17) is 5.11 Å². The van der Waals surface area contributed by atoms with Gasteiger partial charge in [0.05, 0.1) is 0 Å². The first-order valence-corrected chi connectivity index (χ1v) is 3.56. The molecule has 7 heteroatoms. The van der Waals surface area contributed by atoms with Gasteiger partial charge in [-0.15, -0.1) is 0 Å². The van der Waals surface area contributed by atoms with E-state index in [1.807, 2.05) is 5.32 Å². The number of halogens is 1. The molecule has 2 N–H and O–H groups in total. The Morgan fingerprint density at radius 3 is 2.83 bits per heavy atom. The molecule has 64 valence electrons. The Morgan fingerprint density at radius 2 is 2.42 bits per heavy atom. The fourth-order valence-electron chi connectivity index (χ4n) is 0.531. The highest BCUT2D eigenvalue weighted by Gasteiger charge is 2.10. The molecule has 0 spiro atoms. The summed E-state index contributed by atoms with van der Waals surface area (Å²) in [7, 11) is 0. The molecule has 1 aromatic heterocycles. The number of thiazole rings is 1. The van der Waals surface area contributed by atoms with Crippen LogP contribution in [0.25, 0.3) is 0 Å². The second kappa shape index (κ2) is 3.26. The first kappa shape index (κ1) is 8.60. The van der Waals surface area contributed by atoms with E-state index < -0.39 is 12.0 Å². The Hall–Kier alpha value is -1.50. The van der Waals surface area contributed by atoms with E-state index in [1.54, 1.807) is 0 Å². The fourth-order valence-corrected chi connectivity index (χ4v) is 1.18. The van der Waals surface area contributed by atoms with Crippen LogP contribution >= 0.6 is 11.3 Å². The molecule has 1 aromatic rings. The minimum absolute atomic E-state index is 0.151. The molecule has 0 atom stereocenters. The van der Waals surface area contributed by atoms with Crippen LogP contribution in [0, 0.1) is 5.95 Å². The monoisotopic (exact) mass is 190 g/mol. The van der Waals surface area contributed by atoms with Crippen LogP contribution < -0.4 is 5.32 Å². The minimum atomic E-state index is -1.35. The summed E-state index contributed by atoms with van der Waals surface area (Å²) in [5.74, 6) is -0.959. The molecule has 0 bridgehead atoms. The molecule has 0 saturated heterocycles. The number of nitrogens with one attached hydrogen (secondary N) is 1. The number of rotatable bonds is 2. The number of hydrogen-bond donors (Lipinski definition) is 2. The number of amides is 1. The predicted molar refractivity (Wildman–Crippen MR) is 39.1 cm³/mol. The van der Waals surface area contributed by atoms with Crippen LogP contribution in [0.15, 0.2) is 0 Å². The lowest BCUT2D eigenvalue weighted by atomic mass is 10.6. The van der Waals surface area contributed by atoms with Gasteiger partial charge in [-0.3, -0.25) is 10.1 Å². The maximum Gasteiger partial charge on any atom is 0.410 e. The van der Waals surface area contributed by atoms with Gasteiger partial charge in [0.1, 0.15) is 4.88 Å². The molecule has 12 heavy (non-hydrogen) atoms. The number of carbonyl (C=O) groups is 2. The van der Waals surface area contributed by atoms with Crippen molar-refractivity contribution in [3.05, 3.63) is 10.8 Å². The third kappa shape index (κ3) is 1.76. The standard InChI is InChI=1S/C5H3FN2O3S/c6-3-2(1-9)12-4(7-3)8-5(10)11/h1H,(H,7,8)(H,10,11). The maximum atomic E-state index is 12.5. The summed E-state index contributed by atoms with van der Waals surface area (Å²) in [4.78, 5) is 23.0. The summed E-state index contributed by atoms with van der Waals surface area (Å²) in [5.41, 5.74) is 0. The Labute approximate surface area is 69.9 Å². The van der Waals surface area contributed by atoms with Crippen molar-refractivity contribution in [3.63, 3.8) is 0 Å². The minimum Gasteiger partial charge on any atom is -0.465 e. The lowest BCUT2D eigenvalue weighted by molar-refractivity contribution is 0.112. The van der Waals surface area contributed by atoms with Crippen LogP contribution in [0.3, 0.4) is 0 Å². The molecule has 0 fully saturated rings. The van der Waals surface area contributed by atoms with Crippen LogP contribution in [0.1, 0.15) is 9.67 Å². The zero-order chi connectivity index (χ0) is 9.14. The normalized spacial score (nSPS) is 9.42. The summed E-state index contributed by atoms with van der Waals surface area (Å²) in [6.07, 6.45) is -1.07. The SMILES string of the molecule is O=Cc1sc(NC(=O)O)nc1F. The number of carbonyl (C=O) groups excluding carboxylic acids is 1. The molecule has 0 aliphatic rings. The first-order valence-electron chi connectivity index (χ1n) is 2.75. The molecule has 0 aliphatic carbocycles. The third-order valence-electron chi connectivity index (χ3n) is 0.931. The highest BCUT2D eigenvalue weighted by atomic mass is 32.1. The number of aromatic nitrogens is 1. The van der Waals surface area contributed by atoms with Gasteiger partial charge in [0, 0.05) is 0 Å². The van der Waals surface area contributed by atoms with E-state index in [2.05, 4.69) is 4.98 Å². The molecule has 0 aromatic carbocycles. The van der Waals surface area contributed by atoms with Crippen molar-refractivity contribution in [1.82, 2.24) is 4.98 Å². The highest BCUT2D eigenvalue weighted by molar-refractivity contribution is 7.17. The van der Waals surface area contributed by atoms with Gasteiger partial charge in [-0.1, -0.05) is 11.3 Å². The number of anilines is 1. The molecule has 5 nitrogen and oxygen atoms in total. The predicted octanol–water partition coefficient (Wildman–Crippen LogP) is 1.18. The van der Waals surface area contributed by atoms with E-state index in [9.17, 15) is 14.0 Å². The first-order chi connectivity index (χ1) is 5.63. The number of carboxylic acid groups (broad SMARTS) is 1. The van der Waals surface area contributed by atoms with Crippen LogP contribution in [0.5, 0.6) is 0 Å². The van der Waals surface area contributed by atoms with Gasteiger partial charge in [-0.2, -0.15) is 9.37 Å². The maximum absolute atomic E-state index is 12.5. The van der Waals surface area contributed by atoms with Gasteiger partial charge in [0.2, 0.25) is 5.95 Å². The quantitative estimate of drug-likeness (QED) is 0.686. The number of hydrogen-bond acceptors (Lipinski definition) is 4. The van der Waals surface area contributed by atoms with Crippen molar-refractivity contribution in [1.29, 1.82) is 0 Å². The second-order valence-electron chi connectivity index (χ2n) is 1.72. The van der Waals surface area contributed by atoms with Crippen LogP contribution in [0.4, 0.5) is 14.3 Å². The molecule has 1 amide bonds. The smallest absolute Gasteiger partial charge is 0.410 e. The topological polar surface area (TPSA) is 79.3 Å². The van der Waals surface area contributed by atoms with E-state index in [0.717, 1.165) is 0 Å². The van der Waals surface area contributed by atoms with Crippen molar-refractivity contribution < 1.29 is 19.1 Å². The largest absolute Gasteiger partial charge is 0.465 e. The van der Waals surface area contributed by atoms with Crippen LogP contribution in [-0.4, -0.2) is 22.5 Å². The molecule has 1 rings (SSSR count). The van der Waals surface area contributed by atoms with Gasteiger partial charge in [0.25, 0.3) is 0 Å². The highest BCUT2D eigenvalue weighted by Crippen LogP contribution is 2.19. The lowest BCUT2D eigenvalue weighted by Crippen LogP contribution is -2.06. The zero-order valence-corrected chi connectivity index (χ0v) is 6.39. The summed E-state index contributed by atoms with van der Waals surface area (Å²) in [5, 5.41) is 9.86. The van der Waals surface area contributed by atoms with Gasteiger partial charge in [0.15, 0.2) is 11.4 Å². The zero-order valence-electron chi connectivity index (χ0n) is 5.57. The van der Waals surface area contributed by atoms with Gasteiger partial charge >= 0.3 is 6.09 Å². The van der Waals surface area contributed by atoms with Crippen molar-refractivity contribution >= 4 is 28.8 Å². The lowest BCUT2D eigenvalue weighted by Gasteiger charge is -1.89. The average Bonchev–Trinajstić information content (AvgIpc) is 2.29. The molecular weight excluding hydrogens is 187 g/mol. The molecule has 1 heterocycles. The number of nitrogens with zero attached hydrogens (tertiary/aromatic N) is 1. The fraction of sp³-hybridized carbons (Fsp3) is 0. The Morgan fingerprint density at radius 1 is 1.75 bits per heavy atom. The second-order valence-corrected chi connectivity index (χ2v) is 2.75. The summed E-state index contributed by atoms with van der Waals surface area (Å²) >= 11 is 0.642. The van der Waals surface area contributed by atoms with Crippen LogP contribution in [-0.2, 0) is 0 Å². The molecule has 0 radical (unpaired) electrons. The Kier molecular flexibility index (Phi) is 2.34. The van der Waals surface area contributed by atoms with Crippen molar-refractivity contribution in [2.45, 2.75) is 0 Å². The summed E-state index contributed by atoms with van der Waals surface area (Å²) < 4.78 is 12.5. The van der Waals surface area contributed by atoms with Gasteiger partial charge in [-0.25, -0.2) is 4.79 Å².